The monoisotopic (exact) mass is 319 g/mol. The van der Waals surface area contributed by atoms with Gasteiger partial charge >= 0.3 is 0 Å². The van der Waals surface area contributed by atoms with Crippen LogP contribution < -0.4 is 10.1 Å². The summed E-state index contributed by atoms with van der Waals surface area (Å²) in [6.45, 7) is 1.13. The minimum atomic E-state index is -0.492. The number of aromatic amines is 1. The lowest BCUT2D eigenvalue weighted by atomic mass is 9.97. The fourth-order valence-corrected chi connectivity index (χ4v) is 2.75. The van der Waals surface area contributed by atoms with Crippen molar-refractivity contribution < 1.29 is 18.7 Å². The van der Waals surface area contributed by atoms with Gasteiger partial charge in [0.1, 0.15) is 0 Å². The fraction of sp³-hybridized carbons (Fsp3) is 0.375. The highest BCUT2D eigenvalue weighted by Gasteiger charge is 2.30. The van der Waals surface area contributed by atoms with Gasteiger partial charge in [0.15, 0.2) is 11.6 Å². The third kappa shape index (κ3) is 3.34. The van der Waals surface area contributed by atoms with E-state index in [0.717, 1.165) is 12.0 Å². The average molecular weight is 319 g/mol. The van der Waals surface area contributed by atoms with Gasteiger partial charge in [-0.15, -0.1) is 0 Å². The summed E-state index contributed by atoms with van der Waals surface area (Å²) in [4.78, 5) is 12.2. The molecular formula is C16H18FN3O3. The summed E-state index contributed by atoms with van der Waals surface area (Å²) < 4.78 is 24.0. The van der Waals surface area contributed by atoms with Gasteiger partial charge in [-0.05, 0) is 24.6 Å². The Morgan fingerprint density at radius 2 is 2.43 bits per heavy atom. The Labute approximate surface area is 133 Å². The molecule has 2 aromatic rings. The number of carbonyl (C=O) groups excluding carboxylic acids is 1. The zero-order chi connectivity index (χ0) is 16.2. The maximum Gasteiger partial charge on any atom is 0.251 e. The molecular weight excluding hydrogens is 301 g/mol. The van der Waals surface area contributed by atoms with Crippen LogP contribution in [0.2, 0.25) is 0 Å². The largest absolute Gasteiger partial charge is 0.494 e. The number of halogens is 1. The Morgan fingerprint density at radius 3 is 3.17 bits per heavy atom. The van der Waals surface area contributed by atoms with Gasteiger partial charge in [-0.1, -0.05) is 0 Å². The lowest BCUT2D eigenvalue weighted by molar-refractivity contribution is 0.0846. The summed E-state index contributed by atoms with van der Waals surface area (Å²) >= 11 is 0. The Hall–Kier alpha value is -2.41. The topological polar surface area (TPSA) is 76.2 Å². The zero-order valence-corrected chi connectivity index (χ0v) is 12.7. The summed E-state index contributed by atoms with van der Waals surface area (Å²) in [6.07, 6.45) is 4.32. The summed E-state index contributed by atoms with van der Waals surface area (Å²) in [7, 11) is 1.37. The SMILES string of the molecule is COc1cc(C(=O)NC[C@H]2CCO[C@@H]2c2cn[nH]c2)ccc1F. The van der Waals surface area contributed by atoms with Crippen molar-refractivity contribution >= 4 is 5.91 Å². The highest BCUT2D eigenvalue weighted by Crippen LogP contribution is 2.33. The number of rotatable bonds is 5. The minimum Gasteiger partial charge on any atom is -0.494 e. The average Bonchev–Trinajstić information content (AvgIpc) is 3.23. The molecule has 1 aliphatic rings. The molecule has 3 rings (SSSR count). The standard InChI is InChI=1S/C16H18FN3O3/c1-22-14-6-10(2-3-13(14)17)16(21)18-7-11-4-5-23-15(11)12-8-19-20-9-12/h2-3,6,8-9,11,15H,4-5,7H2,1H3,(H,18,21)(H,19,20)/t11-,15+/m1/s1. The van der Waals surface area contributed by atoms with Gasteiger partial charge in [0.05, 0.1) is 19.4 Å². The third-order valence-electron chi connectivity index (χ3n) is 4.00. The van der Waals surface area contributed by atoms with Crippen LogP contribution >= 0.6 is 0 Å². The summed E-state index contributed by atoms with van der Waals surface area (Å²) in [5.41, 5.74) is 1.34. The highest BCUT2D eigenvalue weighted by molar-refractivity contribution is 5.94. The van der Waals surface area contributed by atoms with E-state index in [0.29, 0.717) is 18.7 Å². The Kier molecular flexibility index (Phi) is 4.57. The predicted octanol–water partition coefficient (Wildman–Crippen LogP) is 2.06. The molecule has 1 saturated heterocycles. The quantitative estimate of drug-likeness (QED) is 0.884. The number of benzene rings is 1. The van der Waals surface area contributed by atoms with Crippen LogP contribution in [0, 0.1) is 11.7 Å². The molecule has 1 aromatic heterocycles. The minimum absolute atomic E-state index is 0.0538. The number of hydrogen-bond acceptors (Lipinski definition) is 4. The number of H-pyrrole nitrogens is 1. The smallest absolute Gasteiger partial charge is 0.251 e. The van der Waals surface area contributed by atoms with Crippen molar-refractivity contribution in [2.45, 2.75) is 12.5 Å². The number of nitrogens with zero attached hydrogens (tertiary/aromatic N) is 1. The second-order valence-electron chi connectivity index (χ2n) is 5.43. The number of amides is 1. The van der Waals surface area contributed by atoms with Crippen molar-refractivity contribution in [3.63, 3.8) is 0 Å². The molecule has 6 nitrogen and oxygen atoms in total. The lowest BCUT2D eigenvalue weighted by Crippen LogP contribution is -2.30. The fourth-order valence-electron chi connectivity index (χ4n) is 2.75. The molecule has 0 spiro atoms. The molecule has 2 N–H and O–H groups in total. The van der Waals surface area contributed by atoms with E-state index < -0.39 is 5.82 Å². The van der Waals surface area contributed by atoms with Crippen LogP contribution in [0.1, 0.15) is 28.4 Å². The molecule has 0 unspecified atom stereocenters. The molecule has 1 aliphatic heterocycles. The van der Waals surface area contributed by atoms with Gasteiger partial charge in [0.25, 0.3) is 5.91 Å². The first-order valence-electron chi connectivity index (χ1n) is 7.41. The van der Waals surface area contributed by atoms with Gasteiger partial charge in [0, 0.05) is 36.4 Å². The van der Waals surface area contributed by atoms with Gasteiger partial charge in [-0.25, -0.2) is 4.39 Å². The van der Waals surface area contributed by atoms with E-state index in [2.05, 4.69) is 15.5 Å². The van der Waals surface area contributed by atoms with Crippen molar-refractivity contribution in [1.82, 2.24) is 15.5 Å². The van der Waals surface area contributed by atoms with Gasteiger partial charge in [-0.3, -0.25) is 9.89 Å². The maximum absolute atomic E-state index is 13.4. The van der Waals surface area contributed by atoms with E-state index >= 15 is 0 Å². The summed E-state index contributed by atoms with van der Waals surface area (Å²) in [5, 5.41) is 9.57. The van der Waals surface area contributed by atoms with E-state index in [1.165, 1.54) is 25.3 Å². The number of nitrogens with one attached hydrogen (secondary N) is 2. The van der Waals surface area contributed by atoms with Crippen LogP contribution in [0.5, 0.6) is 5.75 Å². The van der Waals surface area contributed by atoms with Crippen LogP contribution in [0.3, 0.4) is 0 Å². The van der Waals surface area contributed by atoms with Crippen LogP contribution in [-0.2, 0) is 4.74 Å². The van der Waals surface area contributed by atoms with Crippen LogP contribution in [-0.4, -0.2) is 36.4 Å². The van der Waals surface area contributed by atoms with Gasteiger partial charge < -0.3 is 14.8 Å². The van der Waals surface area contributed by atoms with E-state index in [9.17, 15) is 9.18 Å². The van der Waals surface area contributed by atoms with Crippen molar-refractivity contribution in [2.75, 3.05) is 20.3 Å². The molecule has 7 heteroatoms. The van der Waals surface area contributed by atoms with Crippen molar-refractivity contribution in [3.05, 3.63) is 47.5 Å². The molecule has 122 valence electrons. The second kappa shape index (κ2) is 6.78. The van der Waals surface area contributed by atoms with Crippen molar-refractivity contribution in [3.8, 4) is 5.75 Å². The molecule has 1 aromatic carbocycles. The van der Waals surface area contributed by atoms with Crippen LogP contribution in [0.4, 0.5) is 4.39 Å². The molecule has 0 bridgehead atoms. The molecule has 23 heavy (non-hydrogen) atoms. The van der Waals surface area contributed by atoms with Gasteiger partial charge in [0.2, 0.25) is 0 Å². The number of hydrogen-bond donors (Lipinski definition) is 2. The number of ether oxygens (including phenoxy) is 2. The van der Waals surface area contributed by atoms with Gasteiger partial charge in [-0.2, -0.15) is 5.10 Å². The first-order valence-corrected chi connectivity index (χ1v) is 7.41. The van der Waals surface area contributed by atoms with E-state index in [1.54, 1.807) is 12.4 Å². The highest BCUT2D eigenvalue weighted by atomic mass is 19.1. The number of aromatic nitrogens is 2. The normalized spacial score (nSPS) is 20.4. The second-order valence-corrected chi connectivity index (χ2v) is 5.43. The zero-order valence-electron chi connectivity index (χ0n) is 12.7. The Morgan fingerprint density at radius 1 is 1.57 bits per heavy atom. The predicted molar refractivity (Wildman–Crippen MR) is 80.7 cm³/mol. The molecule has 1 fully saturated rings. The summed E-state index contributed by atoms with van der Waals surface area (Å²) in [5.74, 6) is -0.522. The Bertz CT molecular complexity index is 675. The van der Waals surface area contributed by atoms with Crippen molar-refractivity contribution in [1.29, 1.82) is 0 Å². The van der Waals surface area contributed by atoms with Crippen molar-refractivity contribution in [2.24, 2.45) is 5.92 Å². The molecule has 1 amide bonds. The summed E-state index contributed by atoms with van der Waals surface area (Å²) in [6, 6.07) is 4.05. The van der Waals surface area contributed by atoms with E-state index in [4.69, 9.17) is 9.47 Å². The molecule has 0 saturated carbocycles. The number of methoxy groups -OCH3 is 1. The van der Waals surface area contributed by atoms with E-state index in [-0.39, 0.29) is 23.7 Å². The molecule has 2 atom stereocenters. The first kappa shape index (κ1) is 15.5. The first-order chi connectivity index (χ1) is 11.2. The van der Waals surface area contributed by atoms with Crippen LogP contribution in [0.25, 0.3) is 0 Å². The van der Waals surface area contributed by atoms with E-state index in [1.807, 2.05) is 0 Å². The molecule has 2 heterocycles. The molecule has 0 radical (unpaired) electrons. The number of carbonyl (C=O) groups is 1. The van der Waals surface area contributed by atoms with Crippen LogP contribution in [0.15, 0.2) is 30.6 Å². The maximum atomic E-state index is 13.4. The third-order valence-corrected chi connectivity index (χ3v) is 4.00. The molecule has 0 aliphatic carbocycles. The Balaban J connectivity index is 1.62. The lowest BCUT2D eigenvalue weighted by Gasteiger charge is -2.17.